The van der Waals surface area contributed by atoms with Gasteiger partial charge in [-0.25, -0.2) is 9.97 Å². The van der Waals surface area contributed by atoms with E-state index in [0.717, 1.165) is 42.7 Å². The zero-order valence-corrected chi connectivity index (χ0v) is 25.9. The van der Waals surface area contributed by atoms with E-state index in [0.29, 0.717) is 11.8 Å². The average molecular weight is 627 g/mol. The lowest BCUT2D eigenvalue weighted by molar-refractivity contribution is 0.621. The van der Waals surface area contributed by atoms with Gasteiger partial charge in [0.1, 0.15) is 11.0 Å². The van der Waals surface area contributed by atoms with Gasteiger partial charge in [0.15, 0.2) is 11.2 Å². The lowest BCUT2D eigenvalue weighted by Gasteiger charge is -2.03. The summed E-state index contributed by atoms with van der Waals surface area (Å²) in [5.74, 6) is 1.26. The third kappa shape index (κ3) is 4.11. The minimum Gasteiger partial charge on any atom is -0.435 e. The van der Waals surface area contributed by atoms with Crippen LogP contribution in [0, 0.1) is 0 Å². The second kappa shape index (κ2) is 9.97. The van der Waals surface area contributed by atoms with Crippen molar-refractivity contribution in [3.8, 4) is 42.4 Å². The van der Waals surface area contributed by atoms with E-state index < -0.39 is 0 Å². The minimum absolute atomic E-state index is 0.630. The molecule has 0 unspecified atom stereocenters. The highest BCUT2D eigenvalue weighted by atomic mass is 32.1. The van der Waals surface area contributed by atoms with E-state index in [-0.39, 0.29) is 0 Å². The van der Waals surface area contributed by atoms with Crippen molar-refractivity contribution >= 4 is 77.2 Å². The Bertz CT molecular complexity index is 2510. The lowest BCUT2D eigenvalue weighted by atomic mass is 10.0. The summed E-state index contributed by atoms with van der Waals surface area (Å²) in [6.07, 6.45) is 0. The van der Waals surface area contributed by atoms with E-state index in [1.54, 1.807) is 22.7 Å². The average Bonchev–Trinajstić information content (AvgIpc) is 3.91. The fourth-order valence-corrected chi connectivity index (χ4v) is 8.32. The number of thiophene rings is 2. The Morgan fingerprint density at radius 1 is 0.391 bits per heavy atom. The maximum atomic E-state index is 6.32. The zero-order valence-electron chi connectivity index (χ0n) is 24.2. The van der Waals surface area contributed by atoms with E-state index in [9.17, 15) is 0 Å². The highest BCUT2D eigenvalue weighted by Gasteiger charge is 2.17. The van der Waals surface area contributed by atoms with Crippen molar-refractivity contribution in [2.45, 2.75) is 0 Å². The van der Waals surface area contributed by atoms with Crippen molar-refractivity contribution in [2.24, 2.45) is 0 Å². The molecule has 0 aliphatic rings. The molecule has 0 aliphatic heterocycles. The molecule has 4 aromatic heterocycles. The van der Waals surface area contributed by atoms with Crippen LogP contribution < -0.4 is 0 Å². The number of hydrogen-bond acceptors (Lipinski definition) is 6. The van der Waals surface area contributed by atoms with E-state index in [1.165, 1.54) is 42.4 Å². The molecule has 0 saturated heterocycles. The van der Waals surface area contributed by atoms with Gasteiger partial charge >= 0.3 is 0 Å². The molecule has 4 heterocycles. The van der Waals surface area contributed by atoms with Gasteiger partial charge in [0, 0.05) is 9.75 Å². The Labute approximate surface area is 270 Å². The van der Waals surface area contributed by atoms with E-state index in [2.05, 4.69) is 133 Å². The van der Waals surface area contributed by atoms with Gasteiger partial charge in [0.2, 0.25) is 11.8 Å². The second-order valence-corrected chi connectivity index (χ2v) is 13.6. The van der Waals surface area contributed by atoms with Crippen LogP contribution in [0.5, 0.6) is 0 Å². The molecule has 0 spiro atoms. The molecule has 0 aliphatic carbocycles. The van der Waals surface area contributed by atoms with Crippen molar-refractivity contribution < 1.29 is 8.83 Å². The Morgan fingerprint density at radius 2 is 0.826 bits per heavy atom. The molecule has 0 N–H and O–H groups in total. The van der Waals surface area contributed by atoms with Gasteiger partial charge in [-0.2, -0.15) is 0 Å². The van der Waals surface area contributed by atoms with Gasteiger partial charge in [-0.05, 0) is 92.0 Å². The first kappa shape index (κ1) is 25.7. The number of aromatic nitrogens is 2. The largest absolute Gasteiger partial charge is 0.435 e. The normalized spacial score (nSPS) is 11.9. The van der Waals surface area contributed by atoms with Gasteiger partial charge in [-0.1, -0.05) is 84.9 Å². The fourth-order valence-electron chi connectivity index (χ4n) is 6.38. The molecule has 0 fully saturated rings. The summed E-state index contributed by atoms with van der Waals surface area (Å²) in [6, 6.07) is 46.6. The van der Waals surface area contributed by atoms with Crippen molar-refractivity contribution in [3.05, 3.63) is 133 Å². The molecule has 6 heteroatoms. The van der Waals surface area contributed by atoms with Crippen LogP contribution in [0.1, 0.15) is 0 Å². The summed E-state index contributed by atoms with van der Waals surface area (Å²) in [5, 5.41) is 7.02. The van der Waals surface area contributed by atoms with E-state index >= 15 is 0 Å². The summed E-state index contributed by atoms with van der Waals surface area (Å²) >= 11 is 3.39. The SMILES string of the molecule is c1ccc2c(-c3ccc(-c4nc5cc6cc7oc(-c8ccc(-c9cccc%10ccccc9%10)s8)nc7cc6cc5o4)s3)cccc2c1. The predicted octanol–water partition coefficient (Wildman–Crippen LogP) is 12.2. The summed E-state index contributed by atoms with van der Waals surface area (Å²) < 4.78 is 12.6. The minimum atomic E-state index is 0.630. The third-order valence-electron chi connectivity index (χ3n) is 8.60. The van der Waals surface area contributed by atoms with Crippen LogP contribution in [0.15, 0.2) is 142 Å². The van der Waals surface area contributed by atoms with Crippen LogP contribution in [-0.4, -0.2) is 9.97 Å². The maximum Gasteiger partial charge on any atom is 0.237 e. The van der Waals surface area contributed by atoms with Crippen LogP contribution in [0.4, 0.5) is 0 Å². The monoisotopic (exact) mass is 626 g/mol. The first-order valence-corrected chi connectivity index (χ1v) is 16.7. The van der Waals surface area contributed by atoms with Crippen LogP contribution in [0.2, 0.25) is 0 Å². The summed E-state index contributed by atoms with van der Waals surface area (Å²) in [6.45, 7) is 0. The Kier molecular flexibility index (Phi) is 5.58. The molecular weight excluding hydrogens is 605 g/mol. The molecule has 46 heavy (non-hydrogen) atoms. The van der Waals surface area contributed by atoms with Crippen molar-refractivity contribution in [3.63, 3.8) is 0 Å². The Hall–Kier alpha value is -5.56. The van der Waals surface area contributed by atoms with Crippen molar-refractivity contribution in [1.29, 1.82) is 0 Å². The first-order valence-electron chi connectivity index (χ1n) is 15.1. The second-order valence-electron chi connectivity index (χ2n) is 11.4. The number of rotatable bonds is 4. The highest BCUT2D eigenvalue weighted by molar-refractivity contribution is 7.19. The number of oxazole rings is 2. The molecule has 10 aromatic rings. The molecule has 0 amide bonds. The van der Waals surface area contributed by atoms with E-state index in [1.807, 2.05) is 0 Å². The summed E-state index contributed by atoms with van der Waals surface area (Å²) in [4.78, 5) is 14.2. The predicted molar refractivity (Wildman–Crippen MR) is 192 cm³/mol. The van der Waals surface area contributed by atoms with Gasteiger partial charge in [-0.15, -0.1) is 22.7 Å². The lowest BCUT2D eigenvalue weighted by Crippen LogP contribution is -1.77. The number of benzene rings is 6. The number of nitrogens with zero attached hydrogens (tertiary/aromatic N) is 2. The quantitative estimate of drug-likeness (QED) is 0.195. The van der Waals surface area contributed by atoms with Crippen molar-refractivity contribution in [2.75, 3.05) is 0 Å². The number of hydrogen-bond donors (Lipinski definition) is 0. The zero-order chi connectivity index (χ0) is 30.2. The van der Waals surface area contributed by atoms with Gasteiger partial charge in [0.05, 0.1) is 9.75 Å². The van der Waals surface area contributed by atoms with Crippen molar-refractivity contribution in [1.82, 2.24) is 9.97 Å². The molecule has 216 valence electrons. The molecule has 10 rings (SSSR count). The van der Waals surface area contributed by atoms with Gasteiger partial charge in [0.25, 0.3) is 0 Å². The highest BCUT2D eigenvalue weighted by Crippen LogP contribution is 2.41. The first-order chi connectivity index (χ1) is 22.7. The fraction of sp³-hybridized carbons (Fsp3) is 0. The third-order valence-corrected chi connectivity index (χ3v) is 10.8. The Morgan fingerprint density at radius 3 is 1.33 bits per heavy atom. The molecule has 4 nitrogen and oxygen atoms in total. The molecule has 0 saturated carbocycles. The maximum absolute atomic E-state index is 6.32. The molecule has 0 radical (unpaired) electrons. The Balaban J connectivity index is 0.994. The molecular formula is C40H22N2O2S2. The standard InChI is InChI=1S/C40H22N2O2S2/c1-3-11-27-23(7-1)9-5-13-29(27)35-15-17-37(45-35)39-41-31-19-25-22-34-32(20-26(25)21-33(31)43-39)42-40(44-34)38-18-16-36(46-38)30-14-6-10-24-8-2-4-12-28(24)30/h1-22H. The smallest absolute Gasteiger partial charge is 0.237 e. The molecule has 0 bridgehead atoms. The number of fused-ring (bicyclic) bond motifs is 5. The molecule has 0 atom stereocenters. The topological polar surface area (TPSA) is 52.1 Å². The van der Waals surface area contributed by atoms with Gasteiger partial charge in [-0.3, -0.25) is 0 Å². The van der Waals surface area contributed by atoms with E-state index in [4.69, 9.17) is 18.8 Å². The summed E-state index contributed by atoms with van der Waals surface area (Å²) in [7, 11) is 0. The van der Waals surface area contributed by atoms with Crippen LogP contribution in [0.3, 0.4) is 0 Å². The van der Waals surface area contributed by atoms with Crippen LogP contribution >= 0.6 is 22.7 Å². The van der Waals surface area contributed by atoms with Gasteiger partial charge < -0.3 is 8.83 Å². The van der Waals surface area contributed by atoms with Crippen LogP contribution in [0.25, 0.3) is 96.9 Å². The van der Waals surface area contributed by atoms with Crippen LogP contribution in [-0.2, 0) is 0 Å². The summed E-state index contributed by atoms with van der Waals surface area (Å²) in [5.41, 5.74) is 5.59. The molecule has 6 aromatic carbocycles.